The number of rotatable bonds is 6. The van der Waals surface area contributed by atoms with Gasteiger partial charge in [0.15, 0.2) is 11.5 Å². The van der Waals surface area contributed by atoms with E-state index < -0.39 is 0 Å². The summed E-state index contributed by atoms with van der Waals surface area (Å²) in [6.45, 7) is 6.20. The van der Waals surface area contributed by atoms with Crippen LogP contribution in [0.15, 0.2) is 42.6 Å². The van der Waals surface area contributed by atoms with Gasteiger partial charge in [-0.25, -0.2) is 0 Å². The first-order chi connectivity index (χ1) is 12.1. The number of carbonyl (C=O) groups excluding carboxylic acids is 1. The lowest BCUT2D eigenvalue weighted by Gasteiger charge is -2.03. The van der Waals surface area contributed by atoms with Crippen molar-refractivity contribution in [2.45, 2.75) is 39.7 Å². The zero-order valence-corrected chi connectivity index (χ0v) is 14.8. The van der Waals surface area contributed by atoms with Crippen molar-refractivity contribution in [3.63, 3.8) is 0 Å². The monoisotopic (exact) mass is 337 g/mol. The highest BCUT2D eigenvalue weighted by atomic mass is 16.2. The van der Waals surface area contributed by atoms with E-state index in [0.29, 0.717) is 11.5 Å². The van der Waals surface area contributed by atoms with Gasteiger partial charge in [0.25, 0.3) is 5.91 Å². The van der Waals surface area contributed by atoms with Crippen LogP contribution in [0.2, 0.25) is 0 Å². The van der Waals surface area contributed by atoms with E-state index in [2.05, 4.69) is 51.8 Å². The number of hydrogen-bond acceptors (Lipinski definition) is 3. The Morgan fingerprint density at radius 2 is 2.00 bits per heavy atom. The van der Waals surface area contributed by atoms with Crippen LogP contribution in [0.1, 0.15) is 49.3 Å². The molecular weight excluding hydrogens is 314 g/mol. The molecule has 6 nitrogen and oxygen atoms in total. The van der Waals surface area contributed by atoms with E-state index in [9.17, 15) is 4.79 Å². The average Bonchev–Trinajstić information content (AvgIpc) is 3.25. The highest BCUT2D eigenvalue weighted by Crippen LogP contribution is 2.21. The van der Waals surface area contributed by atoms with Crippen molar-refractivity contribution in [3.8, 4) is 11.3 Å². The number of aryl methyl sites for hydroxylation is 1. The van der Waals surface area contributed by atoms with Gasteiger partial charge in [-0.05, 0) is 37.5 Å². The van der Waals surface area contributed by atoms with E-state index in [0.717, 1.165) is 24.1 Å². The summed E-state index contributed by atoms with van der Waals surface area (Å²) in [5, 5.41) is 14.2. The highest BCUT2D eigenvalue weighted by Gasteiger charge is 2.13. The summed E-state index contributed by atoms with van der Waals surface area (Å²) in [4.78, 5) is 12.3. The van der Waals surface area contributed by atoms with E-state index in [1.807, 2.05) is 19.9 Å². The van der Waals surface area contributed by atoms with Crippen LogP contribution in [0.3, 0.4) is 0 Å². The first-order valence-electron chi connectivity index (χ1n) is 8.58. The van der Waals surface area contributed by atoms with Gasteiger partial charge in [-0.2, -0.15) is 10.2 Å². The van der Waals surface area contributed by atoms with Crippen molar-refractivity contribution in [1.29, 1.82) is 0 Å². The fraction of sp³-hybridized carbons (Fsp3) is 0.316. The third-order valence-corrected chi connectivity index (χ3v) is 3.99. The van der Waals surface area contributed by atoms with E-state index >= 15 is 0 Å². The molecule has 2 N–H and O–H groups in total. The minimum Gasteiger partial charge on any atom is -0.304 e. The molecule has 0 saturated carbocycles. The van der Waals surface area contributed by atoms with Crippen LogP contribution < -0.4 is 5.32 Å². The zero-order valence-electron chi connectivity index (χ0n) is 14.8. The summed E-state index contributed by atoms with van der Waals surface area (Å²) in [6.07, 6.45) is 4.01. The van der Waals surface area contributed by atoms with Gasteiger partial charge >= 0.3 is 0 Å². The number of aromatic amines is 1. The second-order valence-corrected chi connectivity index (χ2v) is 6.34. The van der Waals surface area contributed by atoms with Gasteiger partial charge in [-0.3, -0.25) is 14.6 Å². The number of aromatic nitrogens is 4. The molecule has 0 saturated heterocycles. The Bertz CT molecular complexity index is 845. The Balaban J connectivity index is 1.69. The van der Waals surface area contributed by atoms with E-state index in [1.165, 1.54) is 5.56 Å². The first-order valence-corrected chi connectivity index (χ1v) is 8.58. The molecule has 0 spiro atoms. The van der Waals surface area contributed by atoms with E-state index in [-0.39, 0.29) is 11.9 Å². The molecule has 1 amide bonds. The maximum absolute atomic E-state index is 12.3. The van der Waals surface area contributed by atoms with Gasteiger partial charge in [0.1, 0.15) is 0 Å². The largest absolute Gasteiger partial charge is 0.304 e. The van der Waals surface area contributed by atoms with E-state index in [4.69, 9.17) is 0 Å². The zero-order chi connectivity index (χ0) is 17.8. The second kappa shape index (κ2) is 7.34. The normalized spacial score (nSPS) is 11.0. The molecule has 0 atom stereocenters. The maximum Gasteiger partial charge on any atom is 0.277 e. The number of nitrogens with zero attached hydrogens (tertiary/aromatic N) is 3. The van der Waals surface area contributed by atoms with Crippen molar-refractivity contribution in [1.82, 2.24) is 20.0 Å². The summed E-state index contributed by atoms with van der Waals surface area (Å²) < 4.78 is 1.75. The third kappa shape index (κ3) is 3.96. The Hall–Kier alpha value is -2.89. The number of nitrogens with one attached hydrogen (secondary N) is 2. The van der Waals surface area contributed by atoms with Crippen LogP contribution >= 0.6 is 0 Å². The Morgan fingerprint density at radius 1 is 1.24 bits per heavy atom. The Labute approximate surface area is 147 Å². The summed E-state index contributed by atoms with van der Waals surface area (Å²) in [6, 6.07) is 12.1. The van der Waals surface area contributed by atoms with Crippen LogP contribution in [0, 0.1) is 0 Å². The summed E-state index contributed by atoms with van der Waals surface area (Å²) in [7, 11) is 0. The molecule has 3 rings (SSSR count). The molecule has 6 heteroatoms. The molecule has 3 aromatic rings. The molecule has 0 aliphatic carbocycles. The Kier molecular flexibility index (Phi) is 4.97. The van der Waals surface area contributed by atoms with Gasteiger partial charge in [0.2, 0.25) is 0 Å². The van der Waals surface area contributed by atoms with Gasteiger partial charge < -0.3 is 5.32 Å². The van der Waals surface area contributed by atoms with E-state index in [1.54, 1.807) is 16.9 Å². The highest BCUT2D eigenvalue weighted by molar-refractivity contribution is 6.02. The fourth-order valence-electron chi connectivity index (χ4n) is 2.60. The van der Waals surface area contributed by atoms with Gasteiger partial charge in [0.05, 0.1) is 5.69 Å². The molecule has 0 fully saturated rings. The summed E-state index contributed by atoms with van der Waals surface area (Å²) in [5.41, 5.74) is 3.60. The van der Waals surface area contributed by atoms with Crippen molar-refractivity contribution >= 4 is 11.7 Å². The van der Waals surface area contributed by atoms with Gasteiger partial charge in [0, 0.05) is 18.3 Å². The molecular formula is C19H23N5O. The fourth-order valence-corrected chi connectivity index (χ4v) is 2.60. The number of amides is 1. The van der Waals surface area contributed by atoms with Crippen molar-refractivity contribution < 1.29 is 4.79 Å². The van der Waals surface area contributed by atoms with Crippen LogP contribution in [0.4, 0.5) is 5.82 Å². The predicted molar refractivity (Wildman–Crippen MR) is 98.6 cm³/mol. The molecule has 25 heavy (non-hydrogen) atoms. The lowest BCUT2D eigenvalue weighted by atomic mass is 10.1. The quantitative estimate of drug-likeness (QED) is 0.712. The second-order valence-electron chi connectivity index (χ2n) is 6.34. The lowest BCUT2D eigenvalue weighted by molar-refractivity contribution is 0.102. The van der Waals surface area contributed by atoms with Crippen LogP contribution in [-0.2, 0) is 6.42 Å². The SMILES string of the molecule is CCCc1ccc(-c2cc(NC(=O)c3ccn(C(C)C)n3)n[nH]2)cc1. The molecule has 2 heterocycles. The van der Waals surface area contributed by atoms with Crippen molar-refractivity contribution in [2.24, 2.45) is 0 Å². The topological polar surface area (TPSA) is 75.6 Å². The van der Waals surface area contributed by atoms with Crippen LogP contribution in [0.25, 0.3) is 11.3 Å². The molecule has 1 aromatic carbocycles. The number of hydrogen-bond donors (Lipinski definition) is 2. The van der Waals surface area contributed by atoms with Crippen LogP contribution in [0.5, 0.6) is 0 Å². The molecule has 2 aromatic heterocycles. The summed E-state index contributed by atoms with van der Waals surface area (Å²) in [5.74, 6) is 0.215. The number of benzene rings is 1. The standard InChI is InChI=1S/C19H23N5O/c1-4-5-14-6-8-15(9-7-14)17-12-18(22-21-17)20-19(25)16-10-11-24(23-16)13(2)3/h6-13H,4-5H2,1-3H3,(H2,20,21,22,25). The molecule has 0 aliphatic rings. The molecule has 0 radical (unpaired) electrons. The predicted octanol–water partition coefficient (Wildman–Crippen LogP) is 4.06. The third-order valence-electron chi connectivity index (χ3n) is 3.99. The molecule has 0 aliphatic heterocycles. The minimum atomic E-state index is -0.268. The molecule has 130 valence electrons. The average molecular weight is 337 g/mol. The Morgan fingerprint density at radius 3 is 2.64 bits per heavy atom. The number of carbonyl (C=O) groups is 1. The molecule has 0 bridgehead atoms. The van der Waals surface area contributed by atoms with Crippen LogP contribution in [-0.4, -0.2) is 25.9 Å². The van der Waals surface area contributed by atoms with Crippen molar-refractivity contribution in [3.05, 3.63) is 53.9 Å². The number of H-pyrrole nitrogens is 1. The van der Waals surface area contributed by atoms with Gasteiger partial charge in [-0.15, -0.1) is 0 Å². The molecule has 0 unspecified atom stereocenters. The maximum atomic E-state index is 12.3. The minimum absolute atomic E-state index is 0.217. The van der Waals surface area contributed by atoms with Gasteiger partial charge in [-0.1, -0.05) is 37.6 Å². The first kappa shape index (κ1) is 17.0. The lowest BCUT2D eigenvalue weighted by Crippen LogP contribution is -2.14. The number of anilines is 1. The summed E-state index contributed by atoms with van der Waals surface area (Å²) >= 11 is 0. The smallest absolute Gasteiger partial charge is 0.277 e. The van der Waals surface area contributed by atoms with Crippen molar-refractivity contribution in [2.75, 3.05) is 5.32 Å².